The maximum Gasteiger partial charge on any atom is 0.321 e. The number of nitrogens with one attached hydrogen (secondary N) is 1. The summed E-state index contributed by atoms with van der Waals surface area (Å²) in [5.41, 5.74) is 2.19. The zero-order valence-electron chi connectivity index (χ0n) is 10.4. The minimum absolute atomic E-state index is 0.335. The van der Waals surface area contributed by atoms with Crippen LogP contribution in [0.4, 0.5) is 6.01 Å². The molecular weight excluding hydrogens is 214 g/mol. The molecule has 1 heterocycles. The predicted molar refractivity (Wildman–Crippen MR) is 67.8 cm³/mol. The molecule has 1 aromatic heterocycles. The van der Waals surface area contributed by atoms with Crippen LogP contribution < -0.4 is 5.32 Å². The summed E-state index contributed by atoms with van der Waals surface area (Å²) in [6.07, 6.45) is 1.02. The van der Waals surface area contributed by atoms with Gasteiger partial charge in [-0.15, -0.1) is 0 Å². The second-order valence-electron chi connectivity index (χ2n) is 4.24. The Morgan fingerprint density at radius 2 is 2.00 bits per heavy atom. The molecule has 0 spiro atoms. The third-order valence-corrected chi connectivity index (χ3v) is 2.72. The number of aromatic nitrogens is 2. The summed E-state index contributed by atoms with van der Waals surface area (Å²) in [6.45, 7) is 6.24. The SMILES string of the molecule is CCC(C)Nc1nc(-c2ccc(C)cc2)no1. The third kappa shape index (κ3) is 2.84. The molecule has 4 heteroatoms. The first-order valence-electron chi connectivity index (χ1n) is 5.86. The molecule has 0 aliphatic heterocycles. The Labute approximate surface area is 101 Å². The van der Waals surface area contributed by atoms with Gasteiger partial charge in [-0.05, 0) is 20.3 Å². The van der Waals surface area contributed by atoms with Gasteiger partial charge in [-0.3, -0.25) is 0 Å². The first kappa shape index (κ1) is 11.6. The number of rotatable bonds is 4. The lowest BCUT2D eigenvalue weighted by molar-refractivity contribution is 0.428. The molecule has 17 heavy (non-hydrogen) atoms. The van der Waals surface area contributed by atoms with Crippen molar-refractivity contribution in [2.75, 3.05) is 5.32 Å². The monoisotopic (exact) mass is 231 g/mol. The molecule has 1 N–H and O–H groups in total. The van der Waals surface area contributed by atoms with Gasteiger partial charge in [-0.1, -0.05) is 41.9 Å². The number of benzene rings is 1. The van der Waals surface area contributed by atoms with E-state index in [4.69, 9.17) is 4.52 Å². The van der Waals surface area contributed by atoms with E-state index >= 15 is 0 Å². The minimum Gasteiger partial charge on any atom is -0.335 e. The van der Waals surface area contributed by atoms with E-state index in [9.17, 15) is 0 Å². The smallest absolute Gasteiger partial charge is 0.321 e. The Morgan fingerprint density at radius 1 is 1.29 bits per heavy atom. The molecule has 4 nitrogen and oxygen atoms in total. The minimum atomic E-state index is 0.335. The number of anilines is 1. The highest BCUT2D eigenvalue weighted by Crippen LogP contribution is 2.18. The second-order valence-corrected chi connectivity index (χ2v) is 4.24. The average Bonchev–Trinajstić information content (AvgIpc) is 2.78. The molecule has 90 valence electrons. The summed E-state index contributed by atoms with van der Waals surface area (Å²) < 4.78 is 5.15. The first-order valence-corrected chi connectivity index (χ1v) is 5.86. The van der Waals surface area contributed by atoms with Crippen LogP contribution in [0, 0.1) is 6.92 Å². The fourth-order valence-corrected chi connectivity index (χ4v) is 1.41. The van der Waals surface area contributed by atoms with Gasteiger partial charge in [0.1, 0.15) is 0 Å². The number of aryl methyl sites for hydroxylation is 1. The maximum atomic E-state index is 5.15. The van der Waals surface area contributed by atoms with Gasteiger partial charge in [0.05, 0.1) is 0 Å². The van der Waals surface area contributed by atoms with Crippen LogP contribution in [0.3, 0.4) is 0 Å². The Balaban J connectivity index is 2.15. The summed E-state index contributed by atoms with van der Waals surface area (Å²) >= 11 is 0. The largest absolute Gasteiger partial charge is 0.335 e. The average molecular weight is 231 g/mol. The molecule has 0 fully saturated rings. The number of nitrogens with zero attached hydrogens (tertiary/aromatic N) is 2. The quantitative estimate of drug-likeness (QED) is 0.877. The van der Waals surface area contributed by atoms with Crippen LogP contribution in [0.25, 0.3) is 11.4 Å². The van der Waals surface area contributed by atoms with E-state index in [0.29, 0.717) is 17.9 Å². The maximum absolute atomic E-state index is 5.15. The molecule has 1 aromatic carbocycles. The summed E-state index contributed by atoms with van der Waals surface area (Å²) in [4.78, 5) is 4.31. The zero-order chi connectivity index (χ0) is 12.3. The lowest BCUT2D eigenvalue weighted by Gasteiger charge is -2.06. The van der Waals surface area contributed by atoms with Gasteiger partial charge in [0.25, 0.3) is 0 Å². The third-order valence-electron chi connectivity index (χ3n) is 2.72. The fourth-order valence-electron chi connectivity index (χ4n) is 1.41. The molecule has 1 atom stereocenters. The van der Waals surface area contributed by atoms with Crippen molar-refractivity contribution in [2.45, 2.75) is 33.2 Å². The van der Waals surface area contributed by atoms with Gasteiger partial charge in [0, 0.05) is 11.6 Å². The number of hydrogen-bond donors (Lipinski definition) is 1. The van der Waals surface area contributed by atoms with Crippen molar-refractivity contribution in [1.82, 2.24) is 10.1 Å². The van der Waals surface area contributed by atoms with E-state index in [1.165, 1.54) is 5.56 Å². The normalized spacial score (nSPS) is 12.4. The Kier molecular flexibility index (Phi) is 3.42. The van der Waals surface area contributed by atoms with Crippen LogP contribution in [0.15, 0.2) is 28.8 Å². The Bertz CT molecular complexity index is 476. The van der Waals surface area contributed by atoms with Crippen molar-refractivity contribution in [2.24, 2.45) is 0 Å². The molecule has 2 rings (SSSR count). The van der Waals surface area contributed by atoms with Crippen molar-refractivity contribution in [3.05, 3.63) is 29.8 Å². The van der Waals surface area contributed by atoms with Gasteiger partial charge >= 0.3 is 6.01 Å². The Morgan fingerprint density at radius 3 is 2.65 bits per heavy atom. The van der Waals surface area contributed by atoms with Crippen LogP contribution in [0.2, 0.25) is 0 Å². The zero-order valence-corrected chi connectivity index (χ0v) is 10.4. The van der Waals surface area contributed by atoms with Crippen molar-refractivity contribution >= 4 is 6.01 Å². The van der Waals surface area contributed by atoms with Gasteiger partial charge in [0.2, 0.25) is 5.82 Å². The lowest BCUT2D eigenvalue weighted by Crippen LogP contribution is -2.13. The van der Waals surface area contributed by atoms with E-state index in [1.54, 1.807) is 0 Å². The van der Waals surface area contributed by atoms with E-state index in [2.05, 4.69) is 36.2 Å². The standard InChI is InChI=1S/C13H17N3O/c1-4-10(3)14-13-15-12(16-17-13)11-7-5-9(2)6-8-11/h5-8,10H,4H2,1-3H3,(H,14,15,16). The van der Waals surface area contributed by atoms with Crippen molar-refractivity contribution < 1.29 is 4.52 Å². The van der Waals surface area contributed by atoms with Gasteiger partial charge in [0.15, 0.2) is 0 Å². The number of hydrogen-bond acceptors (Lipinski definition) is 4. The molecule has 0 amide bonds. The highest BCUT2D eigenvalue weighted by atomic mass is 16.5. The summed E-state index contributed by atoms with van der Waals surface area (Å²) in [7, 11) is 0. The summed E-state index contributed by atoms with van der Waals surface area (Å²) in [6, 6.07) is 8.87. The van der Waals surface area contributed by atoms with Gasteiger partial charge < -0.3 is 9.84 Å². The van der Waals surface area contributed by atoms with E-state index in [0.717, 1.165) is 12.0 Å². The van der Waals surface area contributed by atoms with Gasteiger partial charge in [-0.25, -0.2) is 0 Å². The topological polar surface area (TPSA) is 51.0 Å². The molecule has 0 aliphatic carbocycles. The molecular formula is C13H17N3O. The van der Waals surface area contributed by atoms with Crippen molar-refractivity contribution in [1.29, 1.82) is 0 Å². The van der Waals surface area contributed by atoms with Crippen LogP contribution >= 0.6 is 0 Å². The van der Waals surface area contributed by atoms with Gasteiger partial charge in [-0.2, -0.15) is 4.98 Å². The fraction of sp³-hybridized carbons (Fsp3) is 0.385. The van der Waals surface area contributed by atoms with Crippen LogP contribution in [-0.4, -0.2) is 16.2 Å². The lowest BCUT2D eigenvalue weighted by atomic mass is 10.1. The van der Waals surface area contributed by atoms with E-state index < -0.39 is 0 Å². The summed E-state index contributed by atoms with van der Waals surface area (Å²) in [5, 5.41) is 7.11. The van der Waals surface area contributed by atoms with E-state index in [1.807, 2.05) is 24.3 Å². The Hall–Kier alpha value is -1.84. The first-order chi connectivity index (χ1) is 8.19. The van der Waals surface area contributed by atoms with Crippen LogP contribution in [0.5, 0.6) is 0 Å². The summed E-state index contributed by atoms with van der Waals surface area (Å²) in [5.74, 6) is 0.621. The molecule has 0 bridgehead atoms. The highest BCUT2D eigenvalue weighted by molar-refractivity contribution is 5.55. The van der Waals surface area contributed by atoms with Crippen LogP contribution in [0.1, 0.15) is 25.8 Å². The molecule has 0 saturated heterocycles. The van der Waals surface area contributed by atoms with Crippen LogP contribution in [-0.2, 0) is 0 Å². The molecule has 0 radical (unpaired) electrons. The van der Waals surface area contributed by atoms with Crippen molar-refractivity contribution in [3.63, 3.8) is 0 Å². The predicted octanol–water partition coefficient (Wildman–Crippen LogP) is 3.26. The van der Waals surface area contributed by atoms with Crippen molar-refractivity contribution in [3.8, 4) is 11.4 Å². The second kappa shape index (κ2) is 4.99. The molecule has 2 aromatic rings. The highest BCUT2D eigenvalue weighted by Gasteiger charge is 2.09. The molecule has 0 aliphatic rings. The molecule has 1 unspecified atom stereocenters. The molecule has 0 saturated carbocycles. The van der Waals surface area contributed by atoms with E-state index in [-0.39, 0.29) is 0 Å².